The second-order valence-corrected chi connectivity index (χ2v) is 5.82. The van der Waals surface area contributed by atoms with Gasteiger partial charge in [0.25, 0.3) is 0 Å². The van der Waals surface area contributed by atoms with Crippen LogP contribution in [-0.4, -0.2) is 12.0 Å². The fraction of sp³-hybridized carbons (Fsp3) is 0.727. The Morgan fingerprint density at radius 2 is 2.29 bits per heavy atom. The van der Waals surface area contributed by atoms with Gasteiger partial charge in [-0.25, -0.2) is 4.98 Å². The topological polar surface area (TPSA) is 24.9 Å². The van der Waals surface area contributed by atoms with Gasteiger partial charge in [-0.1, -0.05) is 13.8 Å². The van der Waals surface area contributed by atoms with Gasteiger partial charge in [0.05, 0.1) is 5.69 Å². The first-order valence-electron chi connectivity index (χ1n) is 5.27. The SMILES string of the molecule is CNCc1nc2c(s1)CCCC2(C)C. The molecule has 2 nitrogen and oxygen atoms in total. The van der Waals surface area contributed by atoms with E-state index in [9.17, 15) is 0 Å². The van der Waals surface area contributed by atoms with Gasteiger partial charge in [-0.05, 0) is 26.3 Å². The standard InChI is InChI=1S/C11H18N2S/c1-11(2)6-4-5-8-10(11)13-9(14-8)7-12-3/h12H,4-7H2,1-3H3. The average Bonchev–Trinajstić information content (AvgIpc) is 2.49. The lowest BCUT2D eigenvalue weighted by atomic mass is 9.79. The summed E-state index contributed by atoms with van der Waals surface area (Å²) >= 11 is 1.89. The van der Waals surface area contributed by atoms with Gasteiger partial charge >= 0.3 is 0 Å². The summed E-state index contributed by atoms with van der Waals surface area (Å²) in [5.41, 5.74) is 1.66. The Balaban J connectivity index is 2.34. The van der Waals surface area contributed by atoms with Crippen LogP contribution >= 0.6 is 11.3 Å². The lowest BCUT2D eigenvalue weighted by molar-refractivity contribution is 0.423. The molecule has 0 amide bonds. The maximum atomic E-state index is 4.75. The quantitative estimate of drug-likeness (QED) is 0.811. The van der Waals surface area contributed by atoms with E-state index in [0.717, 1.165) is 6.54 Å². The minimum Gasteiger partial charge on any atom is -0.314 e. The van der Waals surface area contributed by atoms with E-state index in [1.54, 1.807) is 0 Å². The van der Waals surface area contributed by atoms with Crippen LogP contribution in [0, 0.1) is 0 Å². The van der Waals surface area contributed by atoms with E-state index in [1.807, 2.05) is 18.4 Å². The minimum atomic E-state index is 0.302. The Bertz CT molecular complexity index is 328. The second kappa shape index (κ2) is 3.63. The highest BCUT2D eigenvalue weighted by Crippen LogP contribution is 2.38. The molecule has 2 rings (SSSR count). The van der Waals surface area contributed by atoms with Crippen LogP contribution in [-0.2, 0) is 18.4 Å². The van der Waals surface area contributed by atoms with E-state index in [-0.39, 0.29) is 0 Å². The number of hydrogen-bond acceptors (Lipinski definition) is 3. The van der Waals surface area contributed by atoms with Crippen LogP contribution in [0.15, 0.2) is 0 Å². The number of fused-ring (bicyclic) bond motifs is 1. The molecule has 3 heteroatoms. The molecule has 1 aromatic rings. The first kappa shape index (κ1) is 10.1. The van der Waals surface area contributed by atoms with Crippen molar-refractivity contribution in [2.24, 2.45) is 0 Å². The highest BCUT2D eigenvalue weighted by atomic mass is 32.1. The molecule has 1 heterocycles. The fourth-order valence-corrected chi connectivity index (χ4v) is 3.44. The molecule has 0 atom stereocenters. The van der Waals surface area contributed by atoms with Gasteiger partial charge in [0.2, 0.25) is 0 Å². The monoisotopic (exact) mass is 210 g/mol. The molecule has 78 valence electrons. The lowest BCUT2D eigenvalue weighted by Gasteiger charge is -2.28. The number of aromatic nitrogens is 1. The van der Waals surface area contributed by atoms with Gasteiger partial charge < -0.3 is 5.32 Å². The first-order chi connectivity index (χ1) is 6.63. The Morgan fingerprint density at radius 3 is 2.93 bits per heavy atom. The highest BCUT2D eigenvalue weighted by molar-refractivity contribution is 7.11. The summed E-state index contributed by atoms with van der Waals surface area (Å²) in [6, 6.07) is 0. The van der Waals surface area contributed by atoms with Crippen molar-refractivity contribution < 1.29 is 0 Å². The summed E-state index contributed by atoms with van der Waals surface area (Å²) in [7, 11) is 1.98. The molecule has 1 N–H and O–H groups in total. The van der Waals surface area contributed by atoms with Gasteiger partial charge in [0.1, 0.15) is 5.01 Å². The molecule has 1 aromatic heterocycles. The van der Waals surface area contributed by atoms with Crippen LogP contribution in [0.25, 0.3) is 0 Å². The molecule has 0 saturated carbocycles. The van der Waals surface area contributed by atoms with Crippen molar-refractivity contribution in [1.82, 2.24) is 10.3 Å². The predicted molar refractivity (Wildman–Crippen MR) is 60.8 cm³/mol. The molecule has 0 saturated heterocycles. The molecular formula is C11H18N2S. The van der Waals surface area contributed by atoms with E-state index < -0.39 is 0 Å². The molecule has 1 aliphatic carbocycles. The number of rotatable bonds is 2. The van der Waals surface area contributed by atoms with Crippen LogP contribution in [0.2, 0.25) is 0 Å². The first-order valence-corrected chi connectivity index (χ1v) is 6.09. The van der Waals surface area contributed by atoms with Gasteiger partial charge in [0, 0.05) is 16.8 Å². The highest BCUT2D eigenvalue weighted by Gasteiger charge is 2.30. The minimum absolute atomic E-state index is 0.302. The van der Waals surface area contributed by atoms with Crippen LogP contribution in [0.5, 0.6) is 0 Å². The molecule has 0 spiro atoms. The van der Waals surface area contributed by atoms with E-state index in [0.29, 0.717) is 5.41 Å². The molecule has 1 aliphatic rings. The Labute approximate surface area is 89.8 Å². The van der Waals surface area contributed by atoms with Crippen molar-refractivity contribution in [1.29, 1.82) is 0 Å². The van der Waals surface area contributed by atoms with Gasteiger partial charge in [0.15, 0.2) is 0 Å². The summed E-state index contributed by atoms with van der Waals surface area (Å²) in [5.74, 6) is 0. The van der Waals surface area contributed by atoms with Crippen LogP contribution in [0.1, 0.15) is 42.3 Å². The van der Waals surface area contributed by atoms with Crippen molar-refractivity contribution in [2.45, 2.75) is 45.1 Å². The van der Waals surface area contributed by atoms with E-state index >= 15 is 0 Å². The van der Waals surface area contributed by atoms with E-state index in [1.165, 1.54) is 34.8 Å². The lowest BCUT2D eigenvalue weighted by Crippen LogP contribution is -2.23. The van der Waals surface area contributed by atoms with Crippen molar-refractivity contribution in [3.05, 3.63) is 15.6 Å². The second-order valence-electron chi connectivity index (χ2n) is 4.65. The van der Waals surface area contributed by atoms with Crippen molar-refractivity contribution in [2.75, 3.05) is 7.05 Å². The number of aryl methyl sites for hydroxylation is 1. The predicted octanol–water partition coefficient (Wildman–Crippen LogP) is 2.48. The summed E-state index contributed by atoms with van der Waals surface area (Å²) in [4.78, 5) is 6.27. The number of nitrogens with one attached hydrogen (secondary N) is 1. The molecule has 0 aromatic carbocycles. The molecular weight excluding hydrogens is 192 g/mol. The fourth-order valence-electron chi connectivity index (χ4n) is 2.13. The number of thiazole rings is 1. The summed E-state index contributed by atoms with van der Waals surface area (Å²) in [5, 5.41) is 4.41. The summed E-state index contributed by atoms with van der Waals surface area (Å²) in [6.45, 7) is 5.54. The summed E-state index contributed by atoms with van der Waals surface area (Å²) < 4.78 is 0. The largest absolute Gasteiger partial charge is 0.314 e. The number of hydrogen-bond donors (Lipinski definition) is 1. The van der Waals surface area contributed by atoms with E-state index in [4.69, 9.17) is 4.98 Å². The normalized spacial score (nSPS) is 19.4. The maximum Gasteiger partial charge on any atom is 0.107 e. The van der Waals surface area contributed by atoms with E-state index in [2.05, 4.69) is 19.2 Å². The summed E-state index contributed by atoms with van der Waals surface area (Å²) in [6.07, 6.45) is 3.84. The zero-order chi connectivity index (χ0) is 10.2. The third-order valence-corrected chi connectivity index (χ3v) is 4.03. The Kier molecular flexibility index (Phi) is 2.62. The van der Waals surface area contributed by atoms with Crippen molar-refractivity contribution in [3.63, 3.8) is 0 Å². The third-order valence-electron chi connectivity index (χ3n) is 2.92. The molecule has 0 bridgehead atoms. The molecule has 0 unspecified atom stereocenters. The van der Waals surface area contributed by atoms with Crippen LogP contribution in [0.4, 0.5) is 0 Å². The van der Waals surface area contributed by atoms with Crippen molar-refractivity contribution in [3.8, 4) is 0 Å². The van der Waals surface area contributed by atoms with Gasteiger partial charge in [-0.2, -0.15) is 0 Å². The zero-order valence-electron chi connectivity index (χ0n) is 9.18. The molecule has 0 radical (unpaired) electrons. The zero-order valence-corrected chi connectivity index (χ0v) is 10.0. The Morgan fingerprint density at radius 1 is 1.50 bits per heavy atom. The molecule has 14 heavy (non-hydrogen) atoms. The molecule has 0 aliphatic heterocycles. The van der Waals surface area contributed by atoms with Crippen LogP contribution in [0.3, 0.4) is 0 Å². The number of nitrogens with zero attached hydrogens (tertiary/aromatic N) is 1. The average molecular weight is 210 g/mol. The maximum absolute atomic E-state index is 4.75. The Hall–Kier alpha value is -0.410. The third kappa shape index (κ3) is 1.71. The van der Waals surface area contributed by atoms with Gasteiger partial charge in [-0.3, -0.25) is 0 Å². The van der Waals surface area contributed by atoms with Crippen molar-refractivity contribution >= 4 is 11.3 Å². The smallest absolute Gasteiger partial charge is 0.107 e. The van der Waals surface area contributed by atoms with Crippen LogP contribution < -0.4 is 5.32 Å². The molecule has 0 fully saturated rings. The van der Waals surface area contributed by atoms with Gasteiger partial charge in [-0.15, -0.1) is 11.3 Å².